The number of rotatable bonds is 4. The molecule has 2 heteroatoms. The van der Waals surface area contributed by atoms with Crippen molar-refractivity contribution in [2.45, 2.75) is 19.8 Å². The summed E-state index contributed by atoms with van der Waals surface area (Å²) >= 11 is 0. The molecule has 68 valence electrons. The van der Waals surface area contributed by atoms with Crippen molar-refractivity contribution in [2.75, 3.05) is 6.54 Å². The Morgan fingerprint density at radius 1 is 1.31 bits per heavy atom. The predicted octanol–water partition coefficient (Wildman–Crippen LogP) is 2.26. The monoisotopic (exact) mass is 175 g/mol. The molecule has 0 saturated heterocycles. The highest BCUT2D eigenvalue weighted by atomic mass is 16.1. The van der Waals surface area contributed by atoms with Gasteiger partial charge in [-0.05, 0) is 25.3 Å². The second-order valence-electron chi connectivity index (χ2n) is 3.06. The molecule has 2 nitrogen and oxygen atoms in total. The first-order chi connectivity index (χ1) is 6.33. The Hall–Kier alpha value is -1.40. The minimum Gasteiger partial charge on any atom is -0.211 e. The Balaban J connectivity index is 2.37. The molecule has 0 fully saturated rings. The summed E-state index contributed by atoms with van der Waals surface area (Å²) in [4.78, 5) is 13.3. The van der Waals surface area contributed by atoms with Gasteiger partial charge in [0.05, 0.1) is 6.54 Å². The van der Waals surface area contributed by atoms with Crippen LogP contribution in [0, 0.1) is 6.92 Å². The highest BCUT2D eigenvalue weighted by Gasteiger charge is 1.91. The summed E-state index contributed by atoms with van der Waals surface area (Å²) in [6.07, 6.45) is 3.43. The molecule has 0 amide bonds. The number of hydrogen-bond donors (Lipinski definition) is 0. The summed E-state index contributed by atoms with van der Waals surface area (Å²) in [7, 11) is 0. The Kier molecular flexibility index (Phi) is 3.94. The molecular formula is C11H13NO. The van der Waals surface area contributed by atoms with Crippen LogP contribution in [0.5, 0.6) is 0 Å². The van der Waals surface area contributed by atoms with E-state index in [-0.39, 0.29) is 0 Å². The first-order valence-electron chi connectivity index (χ1n) is 4.42. The van der Waals surface area contributed by atoms with Crippen molar-refractivity contribution in [2.24, 2.45) is 4.99 Å². The fourth-order valence-corrected chi connectivity index (χ4v) is 1.16. The lowest BCUT2D eigenvalue weighted by atomic mass is 10.1. The summed E-state index contributed by atoms with van der Waals surface area (Å²) in [5, 5.41) is 0. The van der Waals surface area contributed by atoms with E-state index in [1.807, 2.05) is 0 Å². The quantitative estimate of drug-likeness (QED) is 0.392. The van der Waals surface area contributed by atoms with E-state index in [1.54, 1.807) is 0 Å². The minimum absolute atomic E-state index is 0.581. The van der Waals surface area contributed by atoms with E-state index in [9.17, 15) is 4.79 Å². The van der Waals surface area contributed by atoms with Crippen LogP contribution < -0.4 is 0 Å². The SMILES string of the molecule is Cc1ccc(CCCN=C=O)cc1. The second kappa shape index (κ2) is 5.28. The summed E-state index contributed by atoms with van der Waals surface area (Å²) in [5.41, 5.74) is 2.57. The number of hydrogen-bond acceptors (Lipinski definition) is 2. The summed E-state index contributed by atoms with van der Waals surface area (Å²) in [6.45, 7) is 2.65. The Morgan fingerprint density at radius 3 is 2.62 bits per heavy atom. The maximum absolute atomic E-state index is 9.77. The Labute approximate surface area is 78.3 Å². The van der Waals surface area contributed by atoms with Gasteiger partial charge in [0, 0.05) is 0 Å². The number of nitrogens with zero attached hydrogens (tertiary/aromatic N) is 1. The number of benzene rings is 1. The van der Waals surface area contributed by atoms with E-state index in [4.69, 9.17) is 0 Å². The van der Waals surface area contributed by atoms with Crippen LogP contribution in [-0.2, 0) is 11.2 Å². The average Bonchev–Trinajstić information content (AvgIpc) is 2.15. The average molecular weight is 175 g/mol. The highest BCUT2D eigenvalue weighted by molar-refractivity contribution is 5.32. The van der Waals surface area contributed by atoms with Crippen molar-refractivity contribution in [1.82, 2.24) is 0 Å². The van der Waals surface area contributed by atoms with Gasteiger partial charge in [0.25, 0.3) is 0 Å². The van der Waals surface area contributed by atoms with Crippen LogP contribution in [0.15, 0.2) is 29.3 Å². The zero-order chi connectivity index (χ0) is 9.52. The van der Waals surface area contributed by atoms with Gasteiger partial charge in [-0.15, -0.1) is 0 Å². The molecular weight excluding hydrogens is 162 g/mol. The molecule has 0 unspecified atom stereocenters. The van der Waals surface area contributed by atoms with Crippen molar-refractivity contribution in [1.29, 1.82) is 0 Å². The standard InChI is InChI=1S/C11H13NO/c1-10-4-6-11(7-5-10)3-2-8-12-9-13/h4-7H,2-3,8H2,1H3. The minimum atomic E-state index is 0.581. The van der Waals surface area contributed by atoms with Gasteiger partial charge in [-0.25, -0.2) is 9.79 Å². The molecule has 1 aromatic carbocycles. The third-order valence-electron chi connectivity index (χ3n) is 1.92. The van der Waals surface area contributed by atoms with E-state index < -0.39 is 0 Å². The van der Waals surface area contributed by atoms with Gasteiger partial charge in [0.2, 0.25) is 6.08 Å². The fourth-order valence-electron chi connectivity index (χ4n) is 1.16. The fraction of sp³-hybridized carbons (Fsp3) is 0.364. The van der Waals surface area contributed by atoms with Gasteiger partial charge in [0.1, 0.15) is 0 Å². The van der Waals surface area contributed by atoms with Crippen LogP contribution in [0.1, 0.15) is 17.5 Å². The van der Waals surface area contributed by atoms with E-state index in [1.165, 1.54) is 17.2 Å². The van der Waals surface area contributed by atoms with Gasteiger partial charge in [-0.1, -0.05) is 29.8 Å². The number of aliphatic imine (C=N–C) groups is 1. The second-order valence-corrected chi connectivity index (χ2v) is 3.06. The lowest BCUT2D eigenvalue weighted by Crippen LogP contribution is -1.88. The van der Waals surface area contributed by atoms with Crippen LogP contribution in [0.3, 0.4) is 0 Å². The molecule has 0 aliphatic rings. The van der Waals surface area contributed by atoms with Gasteiger partial charge >= 0.3 is 0 Å². The third-order valence-corrected chi connectivity index (χ3v) is 1.92. The van der Waals surface area contributed by atoms with Crippen LogP contribution >= 0.6 is 0 Å². The van der Waals surface area contributed by atoms with Crippen LogP contribution in [-0.4, -0.2) is 12.6 Å². The largest absolute Gasteiger partial charge is 0.234 e. The summed E-state index contributed by atoms with van der Waals surface area (Å²) in [5.74, 6) is 0. The van der Waals surface area contributed by atoms with Crippen LogP contribution in [0.25, 0.3) is 0 Å². The third kappa shape index (κ3) is 3.68. The van der Waals surface area contributed by atoms with Crippen molar-refractivity contribution < 1.29 is 4.79 Å². The van der Waals surface area contributed by atoms with E-state index in [0.717, 1.165) is 12.8 Å². The maximum atomic E-state index is 9.77. The number of aryl methyl sites for hydroxylation is 2. The molecule has 0 saturated carbocycles. The zero-order valence-electron chi connectivity index (χ0n) is 7.79. The van der Waals surface area contributed by atoms with Gasteiger partial charge in [0.15, 0.2) is 0 Å². The molecule has 0 heterocycles. The first-order valence-corrected chi connectivity index (χ1v) is 4.42. The maximum Gasteiger partial charge on any atom is 0.234 e. The van der Waals surface area contributed by atoms with Gasteiger partial charge in [-0.3, -0.25) is 0 Å². The number of isocyanates is 1. The van der Waals surface area contributed by atoms with Crippen LogP contribution in [0.2, 0.25) is 0 Å². The van der Waals surface area contributed by atoms with Crippen molar-refractivity contribution >= 4 is 6.08 Å². The van der Waals surface area contributed by atoms with Gasteiger partial charge < -0.3 is 0 Å². The molecule has 13 heavy (non-hydrogen) atoms. The molecule has 0 radical (unpaired) electrons. The Morgan fingerprint density at radius 2 is 2.00 bits per heavy atom. The van der Waals surface area contributed by atoms with Crippen molar-refractivity contribution in [3.8, 4) is 0 Å². The summed E-state index contributed by atoms with van der Waals surface area (Å²) in [6, 6.07) is 8.41. The van der Waals surface area contributed by atoms with E-state index >= 15 is 0 Å². The molecule has 0 atom stereocenters. The van der Waals surface area contributed by atoms with Crippen LogP contribution in [0.4, 0.5) is 0 Å². The first kappa shape index (κ1) is 9.69. The summed E-state index contributed by atoms with van der Waals surface area (Å²) < 4.78 is 0. The number of carbonyl (C=O) groups excluding carboxylic acids is 1. The molecule has 0 aliphatic heterocycles. The van der Waals surface area contributed by atoms with E-state index in [2.05, 4.69) is 36.2 Å². The molecule has 1 rings (SSSR count). The molecule has 0 N–H and O–H groups in total. The smallest absolute Gasteiger partial charge is 0.211 e. The highest BCUT2D eigenvalue weighted by Crippen LogP contribution is 2.05. The molecule has 0 aliphatic carbocycles. The Bertz CT molecular complexity index is 296. The van der Waals surface area contributed by atoms with Crippen molar-refractivity contribution in [3.63, 3.8) is 0 Å². The normalized spacial score (nSPS) is 9.31. The zero-order valence-corrected chi connectivity index (χ0v) is 7.79. The molecule has 0 spiro atoms. The topological polar surface area (TPSA) is 29.4 Å². The predicted molar refractivity (Wildman–Crippen MR) is 52.5 cm³/mol. The lowest BCUT2D eigenvalue weighted by molar-refractivity contribution is 0.562. The lowest BCUT2D eigenvalue weighted by Gasteiger charge is -1.98. The molecule has 0 bridgehead atoms. The molecule has 0 aromatic heterocycles. The van der Waals surface area contributed by atoms with Gasteiger partial charge in [-0.2, -0.15) is 0 Å². The van der Waals surface area contributed by atoms with Crippen molar-refractivity contribution in [3.05, 3.63) is 35.4 Å². The van der Waals surface area contributed by atoms with E-state index in [0.29, 0.717) is 6.54 Å². The molecule has 1 aromatic rings.